The van der Waals surface area contributed by atoms with E-state index in [2.05, 4.69) is 5.32 Å². The van der Waals surface area contributed by atoms with E-state index in [1.807, 2.05) is 42.5 Å². The Morgan fingerprint density at radius 2 is 1.77 bits per heavy atom. The molecule has 5 nitrogen and oxygen atoms in total. The summed E-state index contributed by atoms with van der Waals surface area (Å²) in [7, 11) is 4.87. The van der Waals surface area contributed by atoms with Gasteiger partial charge in [-0.2, -0.15) is 0 Å². The van der Waals surface area contributed by atoms with Crippen molar-refractivity contribution in [3.63, 3.8) is 0 Å². The van der Waals surface area contributed by atoms with Crippen molar-refractivity contribution in [1.29, 1.82) is 0 Å². The van der Waals surface area contributed by atoms with Gasteiger partial charge >= 0.3 is 0 Å². The molecule has 0 saturated heterocycles. The van der Waals surface area contributed by atoms with E-state index in [1.54, 1.807) is 21.3 Å². The standard InChI is InChI=1S/C21H25NO4/c1-24-17-6-4-5-15(13-17)9-12-22-20(23)21(10-11-21)16-7-8-18(25-2)19(14-16)26-3/h4-8,13-14H,9-12H2,1-3H3,(H,22,23). The largest absolute Gasteiger partial charge is 0.497 e. The maximum absolute atomic E-state index is 12.8. The number of benzene rings is 2. The molecule has 5 heteroatoms. The van der Waals surface area contributed by atoms with Crippen LogP contribution >= 0.6 is 0 Å². The first kappa shape index (κ1) is 18.1. The third kappa shape index (κ3) is 3.62. The Bertz CT molecular complexity index is 783. The first-order chi connectivity index (χ1) is 12.6. The van der Waals surface area contributed by atoms with Crippen molar-refractivity contribution in [2.24, 2.45) is 0 Å². The third-order valence-electron chi connectivity index (χ3n) is 4.95. The molecular formula is C21H25NO4. The second-order valence-electron chi connectivity index (χ2n) is 6.51. The average molecular weight is 355 g/mol. The van der Waals surface area contributed by atoms with Gasteiger partial charge in [-0.15, -0.1) is 0 Å². The number of amides is 1. The van der Waals surface area contributed by atoms with Gasteiger partial charge in [0.05, 0.1) is 26.7 Å². The smallest absolute Gasteiger partial charge is 0.230 e. The van der Waals surface area contributed by atoms with Gasteiger partial charge in [0.1, 0.15) is 5.75 Å². The molecule has 0 aromatic heterocycles. The van der Waals surface area contributed by atoms with Gasteiger partial charge in [0, 0.05) is 6.54 Å². The van der Waals surface area contributed by atoms with Crippen molar-refractivity contribution in [3.05, 3.63) is 53.6 Å². The number of hydrogen-bond acceptors (Lipinski definition) is 4. The van der Waals surface area contributed by atoms with Crippen molar-refractivity contribution in [2.75, 3.05) is 27.9 Å². The van der Waals surface area contributed by atoms with Crippen LogP contribution in [0, 0.1) is 0 Å². The number of ether oxygens (including phenoxy) is 3. The van der Waals surface area contributed by atoms with Crippen LogP contribution in [0.5, 0.6) is 17.2 Å². The SMILES string of the molecule is COc1cccc(CCNC(=O)C2(c3ccc(OC)c(OC)c3)CC2)c1. The predicted octanol–water partition coefficient (Wildman–Crippen LogP) is 3.10. The van der Waals surface area contributed by atoms with Crippen LogP contribution in [0.3, 0.4) is 0 Å². The summed E-state index contributed by atoms with van der Waals surface area (Å²) in [5, 5.41) is 3.08. The lowest BCUT2D eigenvalue weighted by molar-refractivity contribution is -0.123. The highest BCUT2D eigenvalue weighted by Crippen LogP contribution is 2.50. The van der Waals surface area contributed by atoms with Crippen molar-refractivity contribution < 1.29 is 19.0 Å². The molecule has 1 amide bonds. The molecule has 1 aliphatic carbocycles. The van der Waals surface area contributed by atoms with Crippen molar-refractivity contribution in [1.82, 2.24) is 5.32 Å². The molecule has 2 aromatic carbocycles. The predicted molar refractivity (Wildman–Crippen MR) is 100 cm³/mol. The Morgan fingerprint density at radius 3 is 2.42 bits per heavy atom. The van der Waals surface area contributed by atoms with Gasteiger partial charge in [0.15, 0.2) is 11.5 Å². The topological polar surface area (TPSA) is 56.8 Å². The van der Waals surface area contributed by atoms with Crippen LogP contribution in [0.25, 0.3) is 0 Å². The molecule has 0 spiro atoms. The fraction of sp³-hybridized carbons (Fsp3) is 0.381. The number of carbonyl (C=O) groups excluding carboxylic acids is 1. The molecule has 0 bridgehead atoms. The highest BCUT2D eigenvalue weighted by atomic mass is 16.5. The molecule has 138 valence electrons. The summed E-state index contributed by atoms with van der Waals surface area (Å²) in [6.07, 6.45) is 2.48. The zero-order valence-electron chi connectivity index (χ0n) is 15.5. The molecule has 0 heterocycles. The van der Waals surface area contributed by atoms with E-state index < -0.39 is 5.41 Å². The van der Waals surface area contributed by atoms with Gasteiger partial charge in [0.2, 0.25) is 5.91 Å². The summed E-state index contributed by atoms with van der Waals surface area (Å²) in [6.45, 7) is 0.598. The maximum Gasteiger partial charge on any atom is 0.230 e. The zero-order valence-corrected chi connectivity index (χ0v) is 15.5. The minimum Gasteiger partial charge on any atom is -0.497 e. The molecule has 1 saturated carbocycles. The average Bonchev–Trinajstić information content (AvgIpc) is 3.49. The van der Waals surface area contributed by atoms with E-state index in [-0.39, 0.29) is 5.91 Å². The summed E-state index contributed by atoms with van der Waals surface area (Å²) in [6, 6.07) is 13.6. The molecule has 0 atom stereocenters. The van der Waals surface area contributed by atoms with Crippen LogP contribution in [0.2, 0.25) is 0 Å². The maximum atomic E-state index is 12.8. The second-order valence-corrected chi connectivity index (χ2v) is 6.51. The highest BCUT2D eigenvalue weighted by molar-refractivity contribution is 5.91. The van der Waals surface area contributed by atoms with Crippen molar-refractivity contribution >= 4 is 5.91 Å². The van der Waals surface area contributed by atoms with Crippen LogP contribution in [0.4, 0.5) is 0 Å². The van der Waals surface area contributed by atoms with E-state index >= 15 is 0 Å². The van der Waals surface area contributed by atoms with Gasteiger partial charge < -0.3 is 19.5 Å². The van der Waals surface area contributed by atoms with E-state index in [0.717, 1.165) is 36.1 Å². The molecule has 26 heavy (non-hydrogen) atoms. The Labute approximate surface area is 154 Å². The Kier molecular flexibility index (Phi) is 5.35. The lowest BCUT2D eigenvalue weighted by atomic mass is 9.94. The van der Waals surface area contributed by atoms with Gasteiger partial charge in [-0.1, -0.05) is 18.2 Å². The first-order valence-electron chi connectivity index (χ1n) is 8.76. The number of rotatable bonds is 8. The fourth-order valence-electron chi connectivity index (χ4n) is 3.22. The van der Waals surface area contributed by atoms with Crippen molar-refractivity contribution in [2.45, 2.75) is 24.7 Å². The molecular weight excluding hydrogens is 330 g/mol. The Morgan fingerprint density at radius 1 is 1.00 bits per heavy atom. The van der Waals surface area contributed by atoms with Gasteiger partial charge in [-0.05, 0) is 54.7 Å². The summed E-state index contributed by atoms with van der Waals surface area (Å²) < 4.78 is 15.9. The molecule has 0 radical (unpaired) electrons. The third-order valence-corrected chi connectivity index (χ3v) is 4.95. The Hall–Kier alpha value is -2.69. The number of hydrogen-bond donors (Lipinski definition) is 1. The fourth-order valence-corrected chi connectivity index (χ4v) is 3.22. The number of methoxy groups -OCH3 is 3. The molecule has 0 unspecified atom stereocenters. The summed E-state index contributed by atoms with van der Waals surface area (Å²) in [4.78, 5) is 12.8. The van der Waals surface area contributed by atoms with E-state index in [9.17, 15) is 4.79 Å². The minimum atomic E-state index is -0.437. The van der Waals surface area contributed by atoms with E-state index in [0.29, 0.717) is 18.0 Å². The number of carbonyl (C=O) groups is 1. The summed E-state index contributed by atoms with van der Waals surface area (Å²) >= 11 is 0. The van der Waals surface area contributed by atoms with Crippen molar-refractivity contribution in [3.8, 4) is 17.2 Å². The monoisotopic (exact) mass is 355 g/mol. The molecule has 1 aliphatic rings. The quantitative estimate of drug-likeness (QED) is 0.791. The van der Waals surface area contributed by atoms with Crippen LogP contribution in [0.1, 0.15) is 24.0 Å². The summed E-state index contributed by atoms with van der Waals surface area (Å²) in [5.41, 5.74) is 1.68. The van der Waals surface area contributed by atoms with E-state index in [1.165, 1.54) is 0 Å². The molecule has 1 N–H and O–H groups in total. The minimum absolute atomic E-state index is 0.0765. The second kappa shape index (κ2) is 7.68. The molecule has 1 fully saturated rings. The number of nitrogens with one attached hydrogen (secondary N) is 1. The van der Waals surface area contributed by atoms with Crippen LogP contribution < -0.4 is 19.5 Å². The first-order valence-corrected chi connectivity index (χ1v) is 8.76. The Balaban J connectivity index is 1.64. The lowest BCUT2D eigenvalue weighted by Gasteiger charge is -2.18. The molecule has 2 aromatic rings. The molecule has 0 aliphatic heterocycles. The van der Waals surface area contributed by atoms with Crippen LogP contribution in [-0.2, 0) is 16.6 Å². The highest BCUT2D eigenvalue weighted by Gasteiger charge is 2.51. The zero-order chi connectivity index (χ0) is 18.6. The van der Waals surface area contributed by atoms with E-state index in [4.69, 9.17) is 14.2 Å². The van der Waals surface area contributed by atoms with Crippen LogP contribution in [-0.4, -0.2) is 33.8 Å². The molecule has 3 rings (SSSR count). The van der Waals surface area contributed by atoms with Crippen LogP contribution in [0.15, 0.2) is 42.5 Å². The lowest BCUT2D eigenvalue weighted by Crippen LogP contribution is -2.36. The summed E-state index contributed by atoms with van der Waals surface area (Å²) in [5.74, 6) is 2.23. The normalized spacial score (nSPS) is 14.4. The van der Waals surface area contributed by atoms with Gasteiger partial charge in [-0.3, -0.25) is 4.79 Å². The van der Waals surface area contributed by atoms with Gasteiger partial charge in [-0.25, -0.2) is 0 Å². The van der Waals surface area contributed by atoms with Gasteiger partial charge in [0.25, 0.3) is 0 Å².